The van der Waals surface area contributed by atoms with Crippen LogP contribution in [0.4, 0.5) is 5.69 Å². The Labute approximate surface area is 119 Å². The number of carboxylic acid groups (broad SMARTS) is 1. The lowest BCUT2D eigenvalue weighted by atomic mass is 10.1. The fraction of sp³-hybridized carbons (Fsp3) is 0.462. The molecule has 0 atom stereocenters. The van der Waals surface area contributed by atoms with Gasteiger partial charge in [-0.3, -0.25) is 4.79 Å². The molecule has 0 saturated carbocycles. The van der Waals surface area contributed by atoms with E-state index in [1.54, 1.807) is 12.1 Å². The van der Waals surface area contributed by atoms with Crippen LogP contribution in [0.1, 0.15) is 32.1 Å². The van der Waals surface area contributed by atoms with Crippen molar-refractivity contribution >= 4 is 21.7 Å². The number of hydrogen-bond acceptors (Lipinski definition) is 4. The maximum atomic E-state index is 11.1. The first-order chi connectivity index (χ1) is 9.39. The molecule has 4 N–H and O–H groups in total. The van der Waals surface area contributed by atoms with E-state index < -0.39 is 16.0 Å². The van der Waals surface area contributed by atoms with Crippen molar-refractivity contribution in [2.45, 2.75) is 37.0 Å². The van der Waals surface area contributed by atoms with Crippen LogP contribution in [0.3, 0.4) is 0 Å². The molecule has 0 amide bonds. The molecule has 0 fully saturated rings. The zero-order valence-electron chi connectivity index (χ0n) is 11.2. The number of benzene rings is 1. The van der Waals surface area contributed by atoms with Crippen LogP contribution in [0.2, 0.25) is 0 Å². The first kappa shape index (κ1) is 16.5. The van der Waals surface area contributed by atoms with Crippen molar-refractivity contribution in [1.29, 1.82) is 0 Å². The third-order valence-corrected chi connectivity index (χ3v) is 3.76. The summed E-state index contributed by atoms with van der Waals surface area (Å²) >= 11 is 0. The Balaban J connectivity index is 2.21. The molecule has 0 radical (unpaired) electrons. The van der Waals surface area contributed by atoms with Crippen LogP contribution in [-0.2, 0) is 14.8 Å². The smallest absolute Gasteiger partial charge is 0.303 e. The number of sulfonamides is 1. The Morgan fingerprint density at radius 2 is 1.70 bits per heavy atom. The molecule has 112 valence electrons. The zero-order valence-corrected chi connectivity index (χ0v) is 12.0. The maximum absolute atomic E-state index is 11.1. The molecule has 7 heteroatoms. The van der Waals surface area contributed by atoms with Gasteiger partial charge >= 0.3 is 5.97 Å². The van der Waals surface area contributed by atoms with Crippen molar-refractivity contribution in [1.82, 2.24) is 0 Å². The van der Waals surface area contributed by atoms with Gasteiger partial charge in [0.1, 0.15) is 0 Å². The Hall–Kier alpha value is -1.60. The van der Waals surface area contributed by atoms with Crippen molar-refractivity contribution in [3.8, 4) is 0 Å². The average Bonchev–Trinajstić information content (AvgIpc) is 2.37. The van der Waals surface area contributed by atoms with Gasteiger partial charge in [-0.05, 0) is 37.1 Å². The lowest BCUT2D eigenvalue weighted by Gasteiger charge is -2.06. The number of primary sulfonamides is 1. The monoisotopic (exact) mass is 300 g/mol. The van der Waals surface area contributed by atoms with Gasteiger partial charge in [0.15, 0.2) is 0 Å². The van der Waals surface area contributed by atoms with E-state index in [0.29, 0.717) is 6.42 Å². The predicted octanol–water partition coefficient (Wildman–Crippen LogP) is 1.78. The number of nitrogens with two attached hydrogens (primary N) is 1. The van der Waals surface area contributed by atoms with Crippen LogP contribution in [0, 0.1) is 0 Å². The molecule has 1 aromatic carbocycles. The van der Waals surface area contributed by atoms with Gasteiger partial charge in [0, 0.05) is 18.7 Å². The van der Waals surface area contributed by atoms with E-state index in [0.717, 1.165) is 31.5 Å². The van der Waals surface area contributed by atoms with E-state index in [4.69, 9.17) is 10.2 Å². The highest BCUT2D eigenvalue weighted by atomic mass is 32.2. The third kappa shape index (κ3) is 6.53. The number of carboxylic acids is 1. The van der Waals surface area contributed by atoms with Crippen LogP contribution in [0.25, 0.3) is 0 Å². The molecule has 0 saturated heterocycles. The van der Waals surface area contributed by atoms with Gasteiger partial charge in [-0.2, -0.15) is 0 Å². The van der Waals surface area contributed by atoms with E-state index in [1.165, 1.54) is 12.1 Å². The number of rotatable bonds is 9. The number of hydrogen-bond donors (Lipinski definition) is 3. The summed E-state index contributed by atoms with van der Waals surface area (Å²) in [7, 11) is -3.64. The Morgan fingerprint density at radius 3 is 2.25 bits per heavy atom. The maximum Gasteiger partial charge on any atom is 0.303 e. The van der Waals surface area contributed by atoms with Crippen LogP contribution >= 0.6 is 0 Å². The van der Waals surface area contributed by atoms with Crippen molar-refractivity contribution in [2.24, 2.45) is 5.14 Å². The second kappa shape index (κ2) is 7.86. The third-order valence-electron chi connectivity index (χ3n) is 2.83. The summed E-state index contributed by atoms with van der Waals surface area (Å²) in [5.74, 6) is -0.752. The molecule has 1 rings (SSSR count). The molecule has 0 aliphatic carbocycles. The van der Waals surface area contributed by atoms with E-state index >= 15 is 0 Å². The first-order valence-corrected chi connectivity index (χ1v) is 8.03. The zero-order chi connectivity index (χ0) is 15.0. The van der Waals surface area contributed by atoms with Crippen LogP contribution < -0.4 is 10.5 Å². The lowest BCUT2D eigenvalue weighted by molar-refractivity contribution is -0.137. The van der Waals surface area contributed by atoms with Gasteiger partial charge in [0.2, 0.25) is 10.0 Å². The molecule has 20 heavy (non-hydrogen) atoms. The van der Waals surface area contributed by atoms with Gasteiger partial charge in [-0.15, -0.1) is 0 Å². The second-order valence-corrected chi connectivity index (χ2v) is 6.12. The normalized spacial score (nSPS) is 11.2. The minimum Gasteiger partial charge on any atom is -0.481 e. The summed E-state index contributed by atoms with van der Waals surface area (Å²) < 4.78 is 22.1. The SMILES string of the molecule is NS(=O)(=O)c1ccc(NCCCCCCC(=O)O)cc1. The predicted molar refractivity (Wildman–Crippen MR) is 77.0 cm³/mol. The Morgan fingerprint density at radius 1 is 1.10 bits per heavy atom. The van der Waals surface area contributed by atoms with Crippen molar-refractivity contribution < 1.29 is 18.3 Å². The average molecular weight is 300 g/mol. The number of aliphatic carboxylic acids is 1. The molecule has 1 aromatic rings. The van der Waals surface area contributed by atoms with Gasteiger partial charge < -0.3 is 10.4 Å². The topological polar surface area (TPSA) is 109 Å². The molecular formula is C13H20N2O4S. The van der Waals surface area contributed by atoms with E-state index in [2.05, 4.69) is 5.32 Å². The minimum atomic E-state index is -3.64. The molecule has 6 nitrogen and oxygen atoms in total. The first-order valence-electron chi connectivity index (χ1n) is 6.48. The highest BCUT2D eigenvalue weighted by Gasteiger charge is 2.06. The molecule has 0 bridgehead atoms. The largest absolute Gasteiger partial charge is 0.481 e. The number of anilines is 1. The van der Waals surface area contributed by atoms with E-state index in [1.807, 2.05) is 0 Å². The molecule has 0 aromatic heterocycles. The highest BCUT2D eigenvalue weighted by Crippen LogP contribution is 2.13. The summed E-state index contributed by atoms with van der Waals surface area (Å²) in [6.07, 6.45) is 3.74. The van der Waals surface area contributed by atoms with E-state index in [9.17, 15) is 13.2 Å². The molecular weight excluding hydrogens is 280 g/mol. The molecule has 0 spiro atoms. The summed E-state index contributed by atoms with van der Waals surface area (Å²) in [5, 5.41) is 16.7. The molecule has 0 aliphatic rings. The number of nitrogens with one attached hydrogen (secondary N) is 1. The fourth-order valence-corrected chi connectivity index (χ4v) is 2.27. The highest BCUT2D eigenvalue weighted by molar-refractivity contribution is 7.89. The number of unbranched alkanes of at least 4 members (excludes halogenated alkanes) is 3. The summed E-state index contributed by atoms with van der Waals surface area (Å²) in [5.41, 5.74) is 0.836. The Bertz CT molecular complexity index is 526. The van der Waals surface area contributed by atoms with Gasteiger partial charge in [0.05, 0.1) is 4.90 Å². The fourth-order valence-electron chi connectivity index (χ4n) is 1.75. The number of carbonyl (C=O) groups is 1. The van der Waals surface area contributed by atoms with Gasteiger partial charge in [0.25, 0.3) is 0 Å². The van der Waals surface area contributed by atoms with Crippen LogP contribution in [-0.4, -0.2) is 26.0 Å². The molecule has 0 unspecified atom stereocenters. The summed E-state index contributed by atoms with van der Waals surface area (Å²) in [6, 6.07) is 6.27. The van der Waals surface area contributed by atoms with Crippen molar-refractivity contribution in [2.75, 3.05) is 11.9 Å². The second-order valence-electron chi connectivity index (χ2n) is 4.55. The molecule has 0 aliphatic heterocycles. The Kier molecular flexibility index (Phi) is 6.47. The van der Waals surface area contributed by atoms with Gasteiger partial charge in [-0.25, -0.2) is 13.6 Å². The minimum absolute atomic E-state index is 0.0942. The lowest BCUT2D eigenvalue weighted by Crippen LogP contribution is -2.12. The van der Waals surface area contributed by atoms with E-state index in [-0.39, 0.29) is 11.3 Å². The van der Waals surface area contributed by atoms with Crippen LogP contribution in [0.15, 0.2) is 29.2 Å². The van der Waals surface area contributed by atoms with Crippen molar-refractivity contribution in [3.63, 3.8) is 0 Å². The molecule has 0 heterocycles. The van der Waals surface area contributed by atoms with Crippen LogP contribution in [0.5, 0.6) is 0 Å². The quantitative estimate of drug-likeness (QED) is 0.602. The summed E-state index contributed by atoms with van der Waals surface area (Å²) in [4.78, 5) is 10.4. The van der Waals surface area contributed by atoms with Gasteiger partial charge in [-0.1, -0.05) is 12.8 Å². The van der Waals surface area contributed by atoms with Crippen molar-refractivity contribution in [3.05, 3.63) is 24.3 Å². The standard InChI is InChI=1S/C13H20N2O4S/c14-20(18,19)12-8-6-11(7-9-12)15-10-4-2-1-3-5-13(16)17/h6-9,15H,1-5,10H2,(H,16,17)(H2,14,18,19). The summed E-state index contributed by atoms with van der Waals surface area (Å²) in [6.45, 7) is 0.766.